The third kappa shape index (κ3) is 2.78. The van der Waals surface area contributed by atoms with Crippen LogP contribution < -0.4 is 4.90 Å². The Labute approximate surface area is 129 Å². The molecule has 0 saturated heterocycles. The number of halogens is 1. The highest BCUT2D eigenvalue weighted by atomic mass is 79.9. The maximum atomic E-state index is 11.7. The van der Waals surface area contributed by atoms with E-state index in [0.717, 1.165) is 11.6 Å². The monoisotopic (exact) mass is 335 g/mol. The summed E-state index contributed by atoms with van der Waals surface area (Å²) in [4.78, 5) is 13.9. The summed E-state index contributed by atoms with van der Waals surface area (Å²) in [6.45, 7) is 0. The molecular weight excluding hydrogens is 314 g/mol. The van der Waals surface area contributed by atoms with Crippen LogP contribution in [0.5, 0.6) is 0 Å². The van der Waals surface area contributed by atoms with Gasteiger partial charge in [0.05, 0.1) is 6.42 Å². The van der Waals surface area contributed by atoms with Gasteiger partial charge in [-0.25, -0.2) is 0 Å². The molecule has 0 spiro atoms. The van der Waals surface area contributed by atoms with Crippen LogP contribution in [0.4, 0.5) is 5.69 Å². The van der Waals surface area contributed by atoms with Crippen LogP contribution in [0, 0.1) is 5.92 Å². The Kier molecular flexibility index (Phi) is 4.16. The highest BCUT2D eigenvalue weighted by Gasteiger charge is 2.25. The second kappa shape index (κ2) is 5.88. The number of nitrogens with zero attached hydrogens (tertiary/aromatic N) is 1. The lowest BCUT2D eigenvalue weighted by Crippen LogP contribution is -2.20. The summed E-state index contributed by atoms with van der Waals surface area (Å²) in [7, 11) is 1.86. The Bertz CT molecular complexity index is 508. The van der Waals surface area contributed by atoms with Gasteiger partial charge in [-0.15, -0.1) is 0 Å². The molecule has 0 aromatic heterocycles. The van der Waals surface area contributed by atoms with Crippen molar-refractivity contribution in [2.75, 3.05) is 11.9 Å². The van der Waals surface area contributed by atoms with Gasteiger partial charge in [0.2, 0.25) is 5.91 Å². The van der Waals surface area contributed by atoms with Crippen LogP contribution >= 0.6 is 15.9 Å². The molecule has 1 aliphatic carbocycles. The summed E-state index contributed by atoms with van der Waals surface area (Å²) < 4.78 is 0. The molecule has 2 aliphatic rings. The second-order valence-corrected chi connectivity index (χ2v) is 7.33. The average molecular weight is 336 g/mol. The molecule has 0 bridgehead atoms. The highest BCUT2D eigenvalue weighted by Crippen LogP contribution is 2.38. The van der Waals surface area contributed by atoms with E-state index in [0.29, 0.717) is 11.2 Å². The zero-order valence-electron chi connectivity index (χ0n) is 12.1. The lowest BCUT2D eigenvalue weighted by molar-refractivity contribution is -0.117. The summed E-state index contributed by atoms with van der Waals surface area (Å²) in [6, 6.07) is 6.50. The Morgan fingerprint density at radius 2 is 2.05 bits per heavy atom. The number of alkyl halides is 1. The number of carbonyl (C=O) groups is 1. The number of amides is 1. The molecule has 1 saturated carbocycles. The molecule has 1 aliphatic heterocycles. The SMILES string of the molecule is CN1C(=O)Cc2cc(C(Br)CC3CCCCC3)ccc21. The summed E-state index contributed by atoms with van der Waals surface area (Å²) >= 11 is 3.86. The first-order chi connectivity index (χ1) is 9.65. The van der Waals surface area contributed by atoms with Gasteiger partial charge in [-0.2, -0.15) is 0 Å². The average Bonchev–Trinajstić information content (AvgIpc) is 2.74. The summed E-state index contributed by atoms with van der Waals surface area (Å²) in [5.74, 6) is 1.07. The fraction of sp³-hybridized carbons (Fsp3) is 0.588. The van der Waals surface area contributed by atoms with Crippen molar-refractivity contribution in [1.82, 2.24) is 0 Å². The molecule has 1 amide bonds. The van der Waals surface area contributed by atoms with E-state index in [2.05, 4.69) is 34.1 Å². The van der Waals surface area contributed by atoms with Gasteiger partial charge < -0.3 is 4.90 Å². The molecule has 3 heteroatoms. The topological polar surface area (TPSA) is 20.3 Å². The first-order valence-electron chi connectivity index (χ1n) is 7.68. The number of rotatable bonds is 3. The predicted molar refractivity (Wildman–Crippen MR) is 86.4 cm³/mol. The highest BCUT2D eigenvalue weighted by molar-refractivity contribution is 9.09. The Hall–Kier alpha value is -0.830. The molecule has 0 N–H and O–H groups in total. The summed E-state index contributed by atoms with van der Waals surface area (Å²) in [5.41, 5.74) is 3.59. The number of hydrogen-bond acceptors (Lipinski definition) is 1. The minimum absolute atomic E-state index is 0.204. The van der Waals surface area contributed by atoms with E-state index in [1.54, 1.807) is 4.90 Å². The van der Waals surface area contributed by atoms with E-state index in [4.69, 9.17) is 0 Å². The first-order valence-corrected chi connectivity index (χ1v) is 8.60. The van der Waals surface area contributed by atoms with E-state index in [1.165, 1.54) is 49.7 Å². The second-order valence-electron chi connectivity index (χ2n) is 6.22. The zero-order chi connectivity index (χ0) is 14.1. The lowest BCUT2D eigenvalue weighted by Gasteiger charge is -2.24. The third-order valence-electron chi connectivity index (χ3n) is 4.81. The lowest BCUT2D eigenvalue weighted by atomic mass is 9.85. The quantitative estimate of drug-likeness (QED) is 0.738. The van der Waals surface area contributed by atoms with E-state index in [1.807, 2.05) is 7.05 Å². The van der Waals surface area contributed by atoms with Crippen LogP contribution in [-0.2, 0) is 11.2 Å². The maximum Gasteiger partial charge on any atom is 0.231 e. The van der Waals surface area contributed by atoms with Crippen molar-refractivity contribution in [3.8, 4) is 0 Å². The summed E-state index contributed by atoms with van der Waals surface area (Å²) in [5, 5.41) is 0. The van der Waals surface area contributed by atoms with Crippen LogP contribution in [0.3, 0.4) is 0 Å². The minimum Gasteiger partial charge on any atom is -0.315 e. The molecule has 1 aromatic rings. The minimum atomic E-state index is 0.204. The summed E-state index contributed by atoms with van der Waals surface area (Å²) in [6.07, 6.45) is 8.76. The van der Waals surface area contributed by atoms with Crippen molar-refractivity contribution in [2.45, 2.75) is 49.8 Å². The number of hydrogen-bond donors (Lipinski definition) is 0. The van der Waals surface area contributed by atoms with Crippen LogP contribution in [-0.4, -0.2) is 13.0 Å². The number of carbonyl (C=O) groups excluding carboxylic acids is 1. The molecule has 1 heterocycles. The molecule has 3 rings (SSSR count). The van der Waals surface area contributed by atoms with Gasteiger partial charge in [-0.3, -0.25) is 4.79 Å². The Morgan fingerprint density at radius 3 is 2.80 bits per heavy atom. The van der Waals surface area contributed by atoms with Gasteiger partial charge in [0.1, 0.15) is 0 Å². The van der Waals surface area contributed by atoms with Crippen LogP contribution in [0.25, 0.3) is 0 Å². The number of fused-ring (bicyclic) bond motifs is 1. The molecular formula is C17H22BrNO. The van der Waals surface area contributed by atoms with E-state index in [-0.39, 0.29) is 5.91 Å². The standard InChI is InChI=1S/C17H22BrNO/c1-19-16-8-7-13(10-14(16)11-17(19)20)15(18)9-12-5-3-2-4-6-12/h7-8,10,12,15H,2-6,9,11H2,1H3. The van der Waals surface area contributed by atoms with Gasteiger partial charge in [0.25, 0.3) is 0 Å². The van der Waals surface area contributed by atoms with Crippen LogP contribution in [0.1, 0.15) is 54.5 Å². The van der Waals surface area contributed by atoms with Crippen molar-refractivity contribution >= 4 is 27.5 Å². The Morgan fingerprint density at radius 1 is 1.30 bits per heavy atom. The molecule has 2 nitrogen and oxygen atoms in total. The molecule has 0 radical (unpaired) electrons. The third-order valence-corrected chi connectivity index (χ3v) is 5.71. The number of likely N-dealkylation sites (N-methyl/N-ethyl adjacent to an activating group) is 1. The normalized spacial score (nSPS) is 21.1. The Balaban J connectivity index is 1.71. The zero-order valence-corrected chi connectivity index (χ0v) is 13.7. The van der Waals surface area contributed by atoms with Crippen molar-refractivity contribution in [1.29, 1.82) is 0 Å². The van der Waals surface area contributed by atoms with Gasteiger partial charge in [0.15, 0.2) is 0 Å². The van der Waals surface area contributed by atoms with Crippen molar-refractivity contribution in [2.24, 2.45) is 5.92 Å². The van der Waals surface area contributed by atoms with E-state index >= 15 is 0 Å². The molecule has 20 heavy (non-hydrogen) atoms. The van der Waals surface area contributed by atoms with Gasteiger partial charge in [-0.1, -0.05) is 60.2 Å². The molecule has 1 aromatic carbocycles. The van der Waals surface area contributed by atoms with Crippen molar-refractivity contribution < 1.29 is 4.79 Å². The number of benzene rings is 1. The van der Waals surface area contributed by atoms with Crippen molar-refractivity contribution in [3.63, 3.8) is 0 Å². The maximum absolute atomic E-state index is 11.7. The molecule has 1 unspecified atom stereocenters. The van der Waals surface area contributed by atoms with Gasteiger partial charge >= 0.3 is 0 Å². The fourth-order valence-electron chi connectivity index (χ4n) is 3.54. The fourth-order valence-corrected chi connectivity index (χ4v) is 4.35. The van der Waals surface area contributed by atoms with Gasteiger partial charge in [-0.05, 0) is 29.5 Å². The van der Waals surface area contributed by atoms with Gasteiger partial charge in [0, 0.05) is 17.6 Å². The predicted octanol–water partition coefficient (Wildman–Crippen LogP) is 4.61. The first kappa shape index (κ1) is 14.1. The molecule has 1 fully saturated rings. The van der Waals surface area contributed by atoms with Crippen LogP contribution in [0.2, 0.25) is 0 Å². The smallest absolute Gasteiger partial charge is 0.231 e. The largest absolute Gasteiger partial charge is 0.315 e. The van der Waals surface area contributed by atoms with E-state index < -0.39 is 0 Å². The van der Waals surface area contributed by atoms with Crippen molar-refractivity contribution in [3.05, 3.63) is 29.3 Å². The van der Waals surface area contributed by atoms with E-state index in [9.17, 15) is 4.79 Å². The molecule has 108 valence electrons. The molecule has 1 atom stereocenters. The number of anilines is 1. The van der Waals surface area contributed by atoms with Crippen LogP contribution in [0.15, 0.2) is 18.2 Å².